The van der Waals surface area contributed by atoms with Crippen molar-refractivity contribution in [2.45, 2.75) is 20.4 Å². The Morgan fingerprint density at radius 1 is 1.22 bits per heavy atom. The van der Waals surface area contributed by atoms with Crippen LogP contribution >= 0.6 is 15.9 Å². The molecule has 1 aromatic heterocycles. The SMILES string of the molecule is CC(=O)N(CC(=O)NCc1ccncc1)c1ccc(C)cc1Br. The van der Waals surface area contributed by atoms with E-state index in [4.69, 9.17) is 0 Å². The van der Waals surface area contributed by atoms with Crippen molar-refractivity contribution in [3.63, 3.8) is 0 Å². The van der Waals surface area contributed by atoms with Crippen molar-refractivity contribution < 1.29 is 9.59 Å². The highest BCUT2D eigenvalue weighted by Crippen LogP contribution is 2.27. The average molecular weight is 376 g/mol. The summed E-state index contributed by atoms with van der Waals surface area (Å²) < 4.78 is 0.787. The van der Waals surface area contributed by atoms with Crippen LogP contribution in [0.15, 0.2) is 47.2 Å². The number of rotatable bonds is 5. The van der Waals surface area contributed by atoms with Gasteiger partial charge in [0, 0.05) is 30.3 Å². The van der Waals surface area contributed by atoms with Crippen molar-refractivity contribution in [1.29, 1.82) is 0 Å². The molecule has 2 rings (SSSR count). The van der Waals surface area contributed by atoms with Crippen LogP contribution in [0.3, 0.4) is 0 Å². The molecule has 6 heteroatoms. The van der Waals surface area contributed by atoms with E-state index in [1.54, 1.807) is 12.4 Å². The molecule has 1 N–H and O–H groups in total. The zero-order valence-electron chi connectivity index (χ0n) is 13.0. The number of pyridine rings is 1. The van der Waals surface area contributed by atoms with Gasteiger partial charge in [-0.2, -0.15) is 0 Å². The second-order valence-corrected chi connectivity index (χ2v) is 6.05. The van der Waals surface area contributed by atoms with Gasteiger partial charge in [-0.15, -0.1) is 0 Å². The van der Waals surface area contributed by atoms with Crippen molar-refractivity contribution in [3.05, 3.63) is 58.3 Å². The van der Waals surface area contributed by atoms with Crippen LogP contribution in [0.1, 0.15) is 18.1 Å². The molecule has 23 heavy (non-hydrogen) atoms. The lowest BCUT2D eigenvalue weighted by Crippen LogP contribution is -2.39. The Morgan fingerprint density at radius 3 is 2.52 bits per heavy atom. The second-order valence-electron chi connectivity index (χ2n) is 5.19. The first-order chi connectivity index (χ1) is 11.0. The molecule has 120 valence electrons. The summed E-state index contributed by atoms with van der Waals surface area (Å²) in [6.45, 7) is 3.79. The zero-order chi connectivity index (χ0) is 16.8. The Morgan fingerprint density at radius 2 is 1.91 bits per heavy atom. The normalized spacial score (nSPS) is 10.2. The van der Waals surface area contributed by atoms with Crippen LogP contribution in [-0.4, -0.2) is 23.3 Å². The maximum atomic E-state index is 12.1. The van der Waals surface area contributed by atoms with Gasteiger partial charge in [-0.3, -0.25) is 14.6 Å². The van der Waals surface area contributed by atoms with E-state index in [1.807, 2.05) is 37.3 Å². The lowest BCUT2D eigenvalue weighted by atomic mass is 10.2. The average Bonchev–Trinajstić information content (AvgIpc) is 2.52. The molecule has 0 aliphatic heterocycles. The van der Waals surface area contributed by atoms with Gasteiger partial charge in [0.15, 0.2) is 0 Å². The van der Waals surface area contributed by atoms with E-state index in [0.717, 1.165) is 15.6 Å². The summed E-state index contributed by atoms with van der Waals surface area (Å²) in [5.74, 6) is -0.405. The van der Waals surface area contributed by atoms with Gasteiger partial charge < -0.3 is 10.2 Å². The van der Waals surface area contributed by atoms with E-state index >= 15 is 0 Å². The Bertz CT molecular complexity index is 704. The number of hydrogen-bond acceptors (Lipinski definition) is 3. The Hall–Kier alpha value is -2.21. The molecule has 2 aromatic rings. The van der Waals surface area contributed by atoms with Crippen molar-refractivity contribution in [2.24, 2.45) is 0 Å². The number of benzene rings is 1. The predicted octanol–water partition coefficient (Wildman–Crippen LogP) is 2.82. The molecule has 0 spiro atoms. The van der Waals surface area contributed by atoms with Gasteiger partial charge in [-0.25, -0.2) is 0 Å². The predicted molar refractivity (Wildman–Crippen MR) is 93.0 cm³/mol. The van der Waals surface area contributed by atoms with E-state index in [2.05, 4.69) is 26.2 Å². The fourth-order valence-electron chi connectivity index (χ4n) is 2.10. The minimum Gasteiger partial charge on any atom is -0.350 e. The molecule has 1 heterocycles. The Balaban J connectivity index is 2.04. The molecule has 0 bridgehead atoms. The molecule has 0 saturated heterocycles. The third kappa shape index (κ3) is 4.89. The third-order valence-corrected chi connectivity index (χ3v) is 3.95. The number of carbonyl (C=O) groups is 2. The minimum absolute atomic E-state index is 0.0257. The number of anilines is 1. The van der Waals surface area contributed by atoms with Crippen molar-refractivity contribution in [1.82, 2.24) is 10.3 Å². The molecule has 2 amide bonds. The lowest BCUT2D eigenvalue weighted by molar-refractivity contribution is -0.123. The number of hydrogen-bond donors (Lipinski definition) is 1. The lowest BCUT2D eigenvalue weighted by Gasteiger charge is -2.22. The maximum absolute atomic E-state index is 12.1. The van der Waals surface area contributed by atoms with Crippen LogP contribution in [0.2, 0.25) is 0 Å². The number of carbonyl (C=O) groups excluding carboxylic acids is 2. The Labute approximate surface area is 143 Å². The molecular formula is C17H18BrN3O2. The molecule has 0 unspecified atom stereocenters. The molecule has 0 aliphatic rings. The standard InChI is InChI=1S/C17H18BrN3O2/c1-12-3-4-16(15(18)9-12)21(13(2)22)11-17(23)20-10-14-5-7-19-8-6-14/h3-9H,10-11H2,1-2H3,(H,20,23). The van der Waals surface area contributed by atoms with E-state index in [1.165, 1.54) is 11.8 Å². The van der Waals surface area contributed by atoms with Gasteiger partial charge in [0.1, 0.15) is 6.54 Å². The van der Waals surface area contributed by atoms with Crippen molar-refractivity contribution >= 4 is 33.4 Å². The van der Waals surface area contributed by atoms with Crippen LogP contribution in [-0.2, 0) is 16.1 Å². The largest absolute Gasteiger partial charge is 0.350 e. The van der Waals surface area contributed by atoms with Crippen molar-refractivity contribution in [2.75, 3.05) is 11.4 Å². The van der Waals surface area contributed by atoms with Crippen LogP contribution in [0.5, 0.6) is 0 Å². The van der Waals surface area contributed by atoms with Crippen molar-refractivity contribution in [3.8, 4) is 0 Å². The van der Waals surface area contributed by atoms with E-state index < -0.39 is 0 Å². The summed E-state index contributed by atoms with van der Waals surface area (Å²) in [5, 5.41) is 2.81. The van der Waals surface area contributed by atoms with Crippen LogP contribution in [0, 0.1) is 6.92 Å². The molecule has 0 fully saturated rings. The van der Waals surface area contributed by atoms with Gasteiger partial charge in [0.05, 0.1) is 5.69 Å². The number of nitrogens with one attached hydrogen (secondary N) is 1. The number of halogens is 1. The fraction of sp³-hybridized carbons (Fsp3) is 0.235. The number of aryl methyl sites for hydroxylation is 1. The topological polar surface area (TPSA) is 62.3 Å². The smallest absolute Gasteiger partial charge is 0.240 e. The third-order valence-electron chi connectivity index (χ3n) is 3.31. The van der Waals surface area contributed by atoms with Gasteiger partial charge in [0.2, 0.25) is 11.8 Å². The molecule has 0 atom stereocenters. The maximum Gasteiger partial charge on any atom is 0.240 e. The first-order valence-electron chi connectivity index (χ1n) is 7.17. The van der Waals surface area contributed by atoms with Crippen LogP contribution in [0.4, 0.5) is 5.69 Å². The molecule has 0 aliphatic carbocycles. The molecule has 0 saturated carbocycles. The highest BCUT2D eigenvalue weighted by Gasteiger charge is 2.18. The van der Waals surface area contributed by atoms with Gasteiger partial charge in [-0.1, -0.05) is 6.07 Å². The quantitative estimate of drug-likeness (QED) is 0.873. The summed E-state index contributed by atoms with van der Waals surface area (Å²) in [7, 11) is 0. The molecule has 1 aromatic carbocycles. The monoisotopic (exact) mass is 375 g/mol. The summed E-state index contributed by atoms with van der Waals surface area (Å²) in [5.41, 5.74) is 2.72. The van der Waals surface area contributed by atoms with Crippen LogP contribution < -0.4 is 10.2 Å². The van der Waals surface area contributed by atoms with Gasteiger partial charge in [0.25, 0.3) is 0 Å². The fourth-order valence-corrected chi connectivity index (χ4v) is 2.81. The van der Waals surface area contributed by atoms with Gasteiger partial charge in [-0.05, 0) is 58.2 Å². The number of aromatic nitrogens is 1. The zero-order valence-corrected chi connectivity index (χ0v) is 14.6. The second kappa shape index (κ2) is 7.87. The first kappa shape index (κ1) is 17.1. The van der Waals surface area contributed by atoms with E-state index in [0.29, 0.717) is 12.2 Å². The van der Waals surface area contributed by atoms with Crippen LogP contribution in [0.25, 0.3) is 0 Å². The summed E-state index contributed by atoms with van der Waals surface area (Å²) in [6.07, 6.45) is 3.35. The molecular weight excluding hydrogens is 358 g/mol. The summed E-state index contributed by atoms with van der Waals surface area (Å²) in [6, 6.07) is 9.32. The highest BCUT2D eigenvalue weighted by atomic mass is 79.9. The molecule has 0 radical (unpaired) electrons. The van der Waals surface area contributed by atoms with Gasteiger partial charge >= 0.3 is 0 Å². The summed E-state index contributed by atoms with van der Waals surface area (Å²) in [4.78, 5) is 29.4. The number of nitrogens with zero attached hydrogens (tertiary/aromatic N) is 2. The Kier molecular flexibility index (Phi) is 5.87. The van der Waals surface area contributed by atoms with E-state index in [-0.39, 0.29) is 18.4 Å². The minimum atomic E-state index is -0.218. The van der Waals surface area contributed by atoms with E-state index in [9.17, 15) is 9.59 Å². The summed E-state index contributed by atoms with van der Waals surface area (Å²) >= 11 is 3.45. The molecule has 5 nitrogen and oxygen atoms in total. The number of amides is 2. The first-order valence-corrected chi connectivity index (χ1v) is 7.96. The highest BCUT2D eigenvalue weighted by molar-refractivity contribution is 9.10.